The molecule has 7 heteroatoms. The number of nitrogens with zero attached hydrogens (tertiary/aromatic N) is 4. The van der Waals surface area contributed by atoms with Crippen molar-refractivity contribution < 1.29 is 14.4 Å². The number of imidazole rings is 1. The molecule has 0 fully saturated rings. The lowest BCUT2D eigenvalue weighted by atomic mass is 9.83. The molecule has 2 heterocycles. The third kappa shape index (κ3) is 2.11. The van der Waals surface area contributed by atoms with E-state index in [-0.39, 0.29) is 5.92 Å². The van der Waals surface area contributed by atoms with Crippen molar-refractivity contribution in [3.8, 4) is 11.6 Å². The van der Waals surface area contributed by atoms with Gasteiger partial charge in [-0.3, -0.25) is 4.79 Å². The van der Waals surface area contributed by atoms with E-state index < -0.39 is 11.9 Å². The van der Waals surface area contributed by atoms with Gasteiger partial charge in [0.25, 0.3) is 0 Å². The Balaban J connectivity index is 1.91. The third-order valence-electron chi connectivity index (χ3n) is 3.53. The van der Waals surface area contributed by atoms with E-state index in [9.17, 15) is 9.90 Å². The van der Waals surface area contributed by atoms with Crippen LogP contribution in [-0.2, 0) is 11.8 Å². The highest BCUT2D eigenvalue weighted by atomic mass is 16.5. The Morgan fingerprint density at radius 3 is 2.95 bits per heavy atom. The summed E-state index contributed by atoms with van der Waals surface area (Å²) in [5.41, 5.74) is 0. The normalized spacial score (nSPS) is 22.1. The fraction of sp³-hybridized carbons (Fsp3) is 0.385. The van der Waals surface area contributed by atoms with Crippen LogP contribution in [0.25, 0.3) is 11.6 Å². The molecule has 104 valence electrons. The van der Waals surface area contributed by atoms with Gasteiger partial charge in [0, 0.05) is 19.4 Å². The van der Waals surface area contributed by atoms with Crippen LogP contribution in [0.1, 0.15) is 24.7 Å². The predicted molar refractivity (Wildman–Crippen MR) is 68.7 cm³/mol. The zero-order valence-corrected chi connectivity index (χ0v) is 10.9. The highest BCUT2D eigenvalue weighted by Gasteiger charge is 2.34. The van der Waals surface area contributed by atoms with E-state index in [4.69, 9.17) is 4.52 Å². The van der Waals surface area contributed by atoms with Crippen LogP contribution in [0.2, 0.25) is 0 Å². The maximum atomic E-state index is 11.3. The first kappa shape index (κ1) is 12.6. The Labute approximate surface area is 114 Å². The number of carbonyl (C=O) groups is 1. The third-order valence-corrected chi connectivity index (χ3v) is 3.53. The van der Waals surface area contributed by atoms with E-state index >= 15 is 0 Å². The first-order chi connectivity index (χ1) is 9.66. The first-order valence-corrected chi connectivity index (χ1v) is 6.36. The van der Waals surface area contributed by atoms with Crippen molar-refractivity contribution in [3.63, 3.8) is 0 Å². The van der Waals surface area contributed by atoms with Gasteiger partial charge < -0.3 is 14.2 Å². The van der Waals surface area contributed by atoms with Crippen LogP contribution in [0.5, 0.6) is 0 Å². The molecule has 1 N–H and O–H groups in total. The zero-order valence-electron chi connectivity index (χ0n) is 10.9. The smallest absolute Gasteiger partial charge is 0.307 e. The summed E-state index contributed by atoms with van der Waals surface area (Å²) in [5.74, 6) is -0.297. The van der Waals surface area contributed by atoms with Gasteiger partial charge in [-0.25, -0.2) is 4.98 Å². The number of hydrogen-bond donors (Lipinski definition) is 1. The lowest BCUT2D eigenvalue weighted by Crippen LogP contribution is -2.23. The number of carboxylic acids is 1. The second kappa shape index (κ2) is 4.92. The molecule has 1 aliphatic carbocycles. The Morgan fingerprint density at radius 2 is 2.25 bits per heavy atom. The maximum Gasteiger partial charge on any atom is 0.307 e. The van der Waals surface area contributed by atoms with Crippen LogP contribution in [0.4, 0.5) is 0 Å². The van der Waals surface area contributed by atoms with Gasteiger partial charge in [0.15, 0.2) is 5.82 Å². The summed E-state index contributed by atoms with van der Waals surface area (Å²) in [4.78, 5) is 19.7. The highest BCUT2D eigenvalue weighted by molar-refractivity contribution is 5.71. The molecule has 3 rings (SSSR count). The molecule has 0 saturated carbocycles. The fourth-order valence-electron chi connectivity index (χ4n) is 2.42. The lowest BCUT2D eigenvalue weighted by molar-refractivity contribution is -0.142. The summed E-state index contributed by atoms with van der Waals surface area (Å²) in [6, 6.07) is 0. The lowest BCUT2D eigenvalue weighted by Gasteiger charge is -2.21. The number of aliphatic carboxylic acids is 1. The van der Waals surface area contributed by atoms with E-state index in [1.54, 1.807) is 17.0 Å². The molecular formula is C13H14N4O3. The largest absolute Gasteiger partial charge is 0.481 e. The number of aromatic nitrogens is 4. The molecule has 0 spiro atoms. The Hall–Kier alpha value is -2.44. The Morgan fingerprint density at radius 1 is 1.45 bits per heavy atom. The van der Waals surface area contributed by atoms with Crippen molar-refractivity contribution in [2.75, 3.05) is 0 Å². The second-order valence-electron chi connectivity index (χ2n) is 4.81. The van der Waals surface area contributed by atoms with Crippen molar-refractivity contribution in [1.29, 1.82) is 0 Å². The first-order valence-electron chi connectivity index (χ1n) is 6.36. The fourth-order valence-corrected chi connectivity index (χ4v) is 2.42. The average molecular weight is 274 g/mol. The summed E-state index contributed by atoms with van der Waals surface area (Å²) >= 11 is 0. The zero-order chi connectivity index (χ0) is 14.1. The predicted octanol–water partition coefficient (Wildman–Crippen LogP) is 1.60. The van der Waals surface area contributed by atoms with Crippen LogP contribution in [-0.4, -0.2) is 30.8 Å². The molecule has 1 aliphatic rings. The van der Waals surface area contributed by atoms with E-state index in [1.165, 1.54) is 0 Å². The molecule has 0 bridgehead atoms. The molecular weight excluding hydrogens is 260 g/mol. The van der Waals surface area contributed by atoms with Crippen molar-refractivity contribution in [2.24, 2.45) is 13.0 Å². The van der Waals surface area contributed by atoms with Crippen LogP contribution in [0.3, 0.4) is 0 Å². The Kier molecular flexibility index (Phi) is 3.09. The molecule has 2 atom stereocenters. The van der Waals surface area contributed by atoms with Crippen molar-refractivity contribution in [2.45, 2.75) is 18.8 Å². The van der Waals surface area contributed by atoms with E-state index in [1.807, 2.05) is 19.2 Å². The van der Waals surface area contributed by atoms with E-state index in [2.05, 4.69) is 15.1 Å². The van der Waals surface area contributed by atoms with Gasteiger partial charge in [-0.2, -0.15) is 4.98 Å². The summed E-state index contributed by atoms with van der Waals surface area (Å²) < 4.78 is 7.03. The molecule has 20 heavy (non-hydrogen) atoms. The molecule has 0 aliphatic heterocycles. The summed E-state index contributed by atoms with van der Waals surface area (Å²) in [7, 11) is 1.84. The van der Waals surface area contributed by atoms with Crippen molar-refractivity contribution in [3.05, 3.63) is 30.4 Å². The monoisotopic (exact) mass is 274 g/mol. The number of hydrogen-bond acceptors (Lipinski definition) is 5. The standard InChI is InChI=1S/C13H14N4O3/c1-17-7-6-14-11(17)10-15-12(20-16-10)8-4-2-3-5-9(8)13(18)19/h2-3,6-9H,4-5H2,1H3,(H,18,19)/t8-,9+/m1/s1. The van der Waals surface area contributed by atoms with Crippen molar-refractivity contribution >= 4 is 5.97 Å². The number of allylic oxidation sites excluding steroid dienone is 2. The minimum absolute atomic E-state index is 0.279. The highest BCUT2D eigenvalue weighted by Crippen LogP contribution is 2.34. The number of carboxylic acid groups (broad SMARTS) is 1. The van der Waals surface area contributed by atoms with Crippen molar-refractivity contribution in [1.82, 2.24) is 19.7 Å². The molecule has 2 aromatic heterocycles. The van der Waals surface area contributed by atoms with Gasteiger partial charge in [0.1, 0.15) is 0 Å². The van der Waals surface area contributed by atoms with Gasteiger partial charge in [0.2, 0.25) is 11.7 Å². The SMILES string of the molecule is Cn1ccnc1-c1noc([C@@H]2CC=CC[C@@H]2C(=O)O)n1. The van der Waals surface area contributed by atoms with E-state index in [0.717, 1.165) is 0 Å². The summed E-state index contributed by atoms with van der Waals surface area (Å²) in [5, 5.41) is 13.2. The maximum absolute atomic E-state index is 11.3. The molecule has 0 radical (unpaired) electrons. The quantitative estimate of drug-likeness (QED) is 0.854. The number of aryl methyl sites for hydroxylation is 1. The second-order valence-corrected chi connectivity index (χ2v) is 4.81. The van der Waals surface area contributed by atoms with E-state index in [0.29, 0.717) is 30.4 Å². The van der Waals surface area contributed by atoms with Gasteiger partial charge in [-0.05, 0) is 12.8 Å². The number of rotatable bonds is 3. The van der Waals surface area contributed by atoms with Crippen LogP contribution < -0.4 is 0 Å². The molecule has 2 aromatic rings. The van der Waals surface area contributed by atoms with Crippen LogP contribution >= 0.6 is 0 Å². The average Bonchev–Trinajstić information content (AvgIpc) is 3.07. The molecule has 0 amide bonds. The topological polar surface area (TPSA) is 94.0 Å². The van der Waals surface area contributed by atoms with Gasteiger partial charge in [-0.1, -0.05) is 17.3 Å². The summed E-state index contributed by atoms with van der Waals surface area (Å²) in [6.07, 6.45) is 8.35. The van der Waals surface area contributed by atoms with Crippen LogP contribution in [0, 0.1) is 5.92 Å². The minimum Gasteiger partial charge on any atom is -0.481 e. The molecule has 0 unspecified atom stereocenters. The molecule has 0 aromatic carbocycles. The van der Waals surface area contributed by atoms with Crippen LogP contribution in [0.15, 0.2) is 29.1 Å². The molecule has 7 nitrogen and oxygen atoms in total. The molecule has 0 saturated heterocycles. The Bertz CT molecular complexity index is 658. The summed E-state index contributed by atoms with van der Waals surface area (Å²) in [6.45, 7) is 0. The van der Waals surface area contributed by atoms with Gasteiger partial charge in [0.05, 0.1) is 11.8 Å². The van der Waals surface area contributed by atoms with Gasteiger partial charge in [-0.15, -0.1) is 0 Å². The minimum atomic E-state index is -0.837. The van der Waals surface area contributed by atoms with Gasteiger partial charge >= 0.3 is 5.97 Å².